The van der Waals surface area contributed by atoms with E-state index in [0.717, 1.165) is 30.9 Å². The van der Waals surface area contributed by atoms with Gasteiger partial charge in [0, 0.05) is 6.54 Å². The van der Waals surface area contributed by atoms with Gasteiger partial charge >= 0.3 is 0 Å². The van der Waals surface area contributed by atoms with Gasteiger partial charge in [0.05, 0.1) is 23.6 Å². The van der Waals surface area contributed by atoms with Crippen molar-refractivity contribution in [2.75, 3.05) is 6.54 Å². The van der Waals surface area contributed by atoms with E-state index in [1.165, 1.54) is 0 Å². The Bertz CT molecular complexity index is 331. The Morgan fingerprint density at radius 1 is 1.24 bits per heavy atom. The molecule has 1 rings (SSSR count). The van der Waals surface area contributed by atoms with Gasteiger partial charge in [-0.15, -0.1) is 0 Å². The summed E-state index contributed by atoms with van der Waals surface area (Å²) in [5.74, 6) is 0. The number of hydrogen-bond donors (Lipinski definition) is 1. The fraction of sp³-hybridized carbons (Fsp3) is 0.643. The maximum absolute atomic E-state index is 5.71. The minimum Gasteiger partial charge on any atom is -0.370 e. The smallest absolute Gasteiger partial charge is 0.0895 e. The fourth-order valence-electron chi connectivity index (χ4n) is 1.39. The molecule has 1 N–H and O–H groups in total. The minimum atomic E-state index is -0.113. The summed E-state index contributed by atoms with van der Waals surface area (Å²) in [6.45, 7) is 10.8. The lowest BCUT2D eigenvalue weighted by Gasteiger charge is -2.19. The van der Waals surface area contributed by atoms with Crippen LogP contribution in [0.2, 0.25) is 0 Å². The summed E-state index contributed by atoms with van der Waals surface area (Å²) in [4.78, 5) is 4.56. The third kappa shape index (κ3) is 6.39. The summed E-state index contributed by atoms with van der Waals surface area (Å²) in [7, 11) is 0. The van der Waals surface area contributed by atoms with Crippen LogP contribution in [0.25, 0.3) is 0 Å². The van der Waals surface area contributed by atoms with Crippen molar-refractivity contribution in [3.05, 3.63) is 29.6 Å². The molecule has 96 valence electrons. The van der Waals surface area contributed by atoms with Crippen molar-refractivity contribution in [1.82, 2.24) is 10.3 Å². The fourth-order valence-corrected chi connectivity index (χ4v) is 1.39. The first kappa shape index (κ1) is 14.1. The number of pyridine rings is 1. The van der Waals surface area contributed by atoms with Crippen molar-refractivity contribution in [2.45, 2.75) is 52.9 Å². The third-order valence-corrected chi connectivity index (χ3v) is 2.25. The Balaban J connectivity index is 2.48. The van der Waals surface area contributed by atoms with Crippen molar-refractivity contribution >= 4 is 0 Å². The van der Waals surface area contributed by atoms with Gasteiger partial charge in [0.25, 0.3) is 0 Å². The molecule has 0 saturated heterocycles. The van der Waals surface area contributed by atoms with Crippen molar-refractivity contribution in [3.63, 3.8) is 0 Å². The molecule has 1 heterocycles. The quantitative estimate of drug-likeness (QED) is 0.771. The van der Waals surface area contributed by atoms with Crippen LogP contribution in [0.1, 0.15) is 45.5 Å². The highest BCUT2D eigenvalue weighted by Gasteiger charge is 2.10. The zero-order chi connectivity index (χ0) is 12.7. The summed E-state index contributed by atoms with van der Waals surface area (Å²) in [6, 6.07) is 6.09. The second kappa shape index (κ2) is 6.72. The number of aromatic nitrogens is 1. The third-order valence-electron chi connectivity index (χ3n) is 2.25. The van der Waals surface area contributed by atoms with E-state index < -0.39 is 0 Å². The molecule has 3 nitrogen and oxygen atoms in total. The van der Waals surface area contributed by atoms with Crippen LogP contribution in [0.5, 0.6) is 0 Å². The monoisotopic (exact) mass is 236 g/mol. The Kier molecular flexibility index (Phi) is 5.59. The number of nitrogens with zero attached hydrogens (tertiary/aromatic N) is 1. The van der Waals surface area contributed by atoms with Gasteiger partial charge in [-0.2, -0.15) is 0 Å². The van der Waals surface area contributed by atoms with E-state index >= 15 is 0 Å². The number of nitrogens with one attached hydrogen (secondary N) is 1. The molecule has 0 spiro atoms. The van der Waals surface area contributed by atoms with Gasteiger partial charge in [-0.05, 0) is 45.9 Å². The molecule has 0 aromatic carbocycles. The van der Waals surface area contributed by atoms with E-state index in [0.29, 0.717) is 6.61 Å². The molecule has 0 amide bonds. The first-order chi connectivity index (χ1) is 8.01. The van der Waals surface area contributed by atoms with Crippen LogP contribution in [-0.4, -0.2) is 17.1 Å². The minimum absolute atomic E-state index is 0.113. The first-order valence-corrected chi connectivity index (χ1v) is 6.31. The molecule has 0 radical (unpaired) electrons. The maximum Gasteiger partial charge on any atom is 0.0895 e. The number of hydrogen-bond acceptors (Lipinski definition) is 3. The summed E-state index contributed by atoms with van der Waals surface area (Å²) in [6.07, 6.45) is 1.15. The molecule has 0 aliphatic carbocycles. The van der Waals surface area contributed by atoms with E-state index in [-0.39, 0.29) is 5.60 Å². The van der Waals surface area contributed by atoms with Crippen molar-refractivity contribution in [2.24, 2.45) is 0 Å². The second-order valence-electron chi connectivity index (χ2n) is 5.20. The van der Waals surface area contributed by atoms with Gasteiger partial charge in [0.1, 0.15) is 0 Å². The van der Waals surface area contributed by atoms with E-state index in [4.69, 9.17) is 4.74 Å². The first-order valence-electron chi connectivity index (χ1n) is 6.31. The molecule has 0 aliphatic heterocycles. The van der Waals surface area contributed by atoms with Crippen LogP contribution in [0, 0.1) is 0 Å². The highest BCUT2D eigenvalue weighted by molar-refractivity contribution is 5.10. The zero-order valence-corrected chi connectivity index (χ0v) is 11.4. The number of rotatable bonds is 6. The standard InChI is InChI=1S/C14H24N2O/c1-5-9-15-10-12-7-6-8-13(16-12)11-17-14(2,3)4/h6-8,15H,5,9-11H2,1-4H3. The average Bonchev–Trinajstić information content (AvgIpc) is 2.27. The zero-order valence-electron chi connectivity index (χ0n) is 11.4. The van der Waals surface area contributed by atoms with Crippen LogP contribution in [0.15, 0.2) is 18.2 Å². The van der Waals surface area contributed by atoms with E-state index in [9.17, 15) is 0 Å². The van der Waals surface area contributed by atoms with Crippen LogP contribution in [-0.2, 0) is 17.9 Å². The SMILES string of the molecule is CCCNCc1cccc(COC(C)(C)C)n1. The predicted molar refractivity (Wildman–Crippen MR) is 70.8 cm³/mol. The van der Waals surface area contributed by atoms with Gasteiger partial charge < -0.3 is 10.1 Å². The van der Waals surface area contributed by atoms with Gasteiger partial charge in [-0.25, -0.2) is 0 Å². The highest BCUT2D eigenvalue weighted by Crippen LogP contribution is 2.10. The molecule has 0 bridgehead atoms. The van der Waals surface area contributed by atoms with E-state index in [2.05, 4.69) is 38.0 Å². The van der Waals surface area contributed by atoms with Crippen molar-refractivity contribution in [3.8, 4) is 0 Å². The average molecular weight is 236 g/mol. The molecule has 0 fully saturated rings. The lowest BCUT2D eigenvalue weighted by atomic mass is 10.2. The topological polar surface area (TPSA) is 34.1 Å². The molecule has 1 aromatic heterocycles. The molecule has 0 aliphatic rings. The molecule has 0 unspecified atom stereocenters. The predicted octanol–water partition coefficient (Wildman–Crippen LogP) is 2.90. The Morgan fingerprint density at radius 2 is 1.94 bits per heavy atom. The summed E-state index contributed by atoms with van der Waals surface area (Å²) in [5, 5.41) is 3.35. The normalized spacial score (nSPS) is 11.8. The van der Waals surface area contributed by atoms with Gasteiger partial charge in [-0.1, -0.05) is 13.0 Å². The van der Waals surface area contributed by atoms with Crippen molar-refractivity contribution in [1.29, 1.82) is 0 Å². The second-order valence-corrected chi connectivity index (χ2v) is 5.20. The Labute approximate surface area is 105 Å². The van der Waals surface area contributed by atoms with Crippen LogP contribution >= 0.6 is 0 Å². The highest BCUT2D eigenvalue weighted by atomic mass is 16.5. The summed E-state index contributed by atoms with van der Waals surface area (Å²) >= 11 is 0. The molecule has 3 heteroatoms. The molecule has 0 atom stereocenters. The van der Waals surface area contributed by atoms with E-state index in [1.54, 1.807) is 0 Å². The van der Waals surface area contributed by atoms with Gasteiger partial charge in [0.2, 0.25) is 0 Å². The van der Waals surface area contributed by atoms with Crippen molar-refractivity contribution < 1.29 is 4.74 Å². The molecular weight excluding hydrogens is 212 g/mol. The van der Waals surface area contributed by atoms with Crippen LogP contribution in [0.3, 0.4) is 0 Å². The van der Waals surface area contributed by atoms with Gasteiger partial charge in [0.15, 0.2) is 0 Å². The summed E-state index contributed by atoms with van der Waals surface area (Å²) < 4.78 is 5.71. The number of ether oxygens (including phenoxy) is 1. The van der Waals surface area contributed by atoms with Gasteiger partial charge in [-0.3, -0.25) is 4.98 Å². The summed E-state index contributed by atoms with van der Waals surface area (Å²) in [5.41, 5.74) is 1.96. The Hall–Kier alpha value is -0.930. The maximum atomic E-state index is 5.71. The lowest BCUT2D eigenvalue weighted by molar-refractivity contribution is -0.0165. The largest absolute Gasteiger partial charge is 0.370 e. The lowest BCUT2D eigenvalue weighted by Crippen LogP contribution is -2.19. The molecular formula is C14H24N2O. The van der Waals surface area contributed by atoms with Crippen LogP contribution < -0.4 is 5.32 Å². The molecule has 1 aromatic rings. The Morgan fingerprint density at radius 3 is 2.59 bits per heavy atom. The molecule has 0 saturated carbocycles. The van der Waals surface area contributed by atoms with Crippen LogP contribution in [0.4, 0.5) is 0 Å². The molecule has 17 heavy (non-hydrogen) atoms. The van der Waals surface area contributed by atoms with E-state index in [1.807, 2.05) is 18.2 Å².